The van der Waals surface area contributed by atoms with Crippen LogP contribution in [0.4, 0.5) is 10.5 Å². The predicted molar refractivity (Wildman–Crippen MR) is 145 cm³/mol. The third-order valence-electron chi connectivity index (χ3n) is 5.88. The van der Waals surface area contributed by atoms with Crippen LogP contribution in [0.5, 0.6) is 0 Å². The number of hydrogen-bond donors (Lipinski definition) is 3. The molecule has 0 aliphatic heterocycles. The Hall–Kier alpha value is -2.55. The van der Waals surface area contributed by atoms with Crippen LogP contribution < -0.4 is 15.4 Å². The Bertz CT molecular complexity index is 1170. The van der Waals surface area contributed by atoms with Crippen LogP contribution >= 0.6 is 11.3 Å². The highest BCUT2D eigenvalue weighted by Gasteiger charge is 2.23. The first kappa shape index (κ1) is 25.5. The zero-order valence-electron chi connectivity index (χ0n) is 20.6. The topological polar surface area (TPSA) is 83.1 Å². The number of nitrogens with zero attached hydrogens (tertiary/aromatic N) is 1. The van der Waals surface area contributed by atoms with Gasteiger partial charge in [-0.3, -0.25) is 0 Å². The molecule has 0 bridgehead atoms. The van der Waals surface area contributed by atoms with Crippen LogP contribution in [0.25, 0.3) is 10.4 Å². The highest BCUT2D eigenvalue weighted by Crippen LogP contribution is 2.39. The molecule has 1 aromatic heterocycles. The van der Waals surface area contributed by atoms with Gasteiger partial charge in [0.25, 0.3) is 0 Å². The number of aromatic nitrogens is 1. The summed E-state index contributed by atoms with van der Waals surface area (Å²) in [5.41, 5.74) is 2.16. The van der Waals surface area contributed by atoms with Crippen LogP contribution in [0, 0.1) is 0 Å². The van der Waals surface area contributed by atoms with Crippen molar-refractivity contribution < 1.29 is 9.00 Å². The van der Waals surface area contributed by atoms with E-state index in [1.165, 1.54) is 37.1 Å². The lowest BCUT2D eigenvalue weighted by molar-refractivity contribution is 0.251. The first-order valence-electron chi connectivity index (χ1n) is 12.2. The van der Waals surface area contributed by atoms with Crippen molar-refractivity contribution in [3.05, 3.63) is 65.3 Å². The lowest BCUT2D eigenvalue weighted by atomic mass is 9.90. The summed E-state index contributed by atoms with van der Waals surface area (Å²) < 4.78 is 16.5. The number of anilines is 1. The van der Waals surface area contributed by atoms with Crippen LogP contribution in [0.1, 0.15) is 69.4 Å². The molecule has 1 fully saturated rings. The van der Waals surface area contributed by atoms with Crippen LogP contribution in [0.15, 0.2) is 59.6 Å². The van der Waals surface area contributed by atoms with Gasteiger partial charge in [0, 0.05) is 35.4 Å². The van der Waals surface area contributed by atoms with Gasteiger partial charge in [0.15, 0.2) is 0 Å². The van der Waals surface area contributed by atoms with E-state index in [1.807, 2.05) is 69.4 Å². The average Bonchev–Trinajstić information content (AvgIpc) is 3.33. The summed E-state index contributed by atoms with van der Waals surface area (Å²) in [4.78, 5) is 18.9. The number of carbonyl (C=O) groups is 1. The fraction of sp³-hybridized carbons (Fsp3) is 0.407. The summed E-state index contributed by atoms with van der Waals surface area (Å²) >= 11 is 1.69. The van der Waals surface area contributed by atoms with E-state index in [0.29, 0.717) is 23.0 Å². The minimum atomic E-state index is -1.46. The second kappa shape index (κ2) is 11.5. The molecule has 0 radical (unpaired) electrons. The maximum Gasteiger partial charge on any atom is 0.319 e. The van der Waals surface area contributed by atoms with Gasteiger partial charge < -0.3 is 10.6 Å². The molecule has 1 aliphatic carbocycles. The number of hydrogen-bond acceptors (Lipinski definition) is 4. The van der Waals surface area contributed by atoms with Gasteiger partial charge in [-0.15, -0.1) is 11.3 Å². The number of carbonyl (C=O) groups excluding carboxylic acids is 1. The van der Waals surface area contributed by atoms with E-state index >= 15 is 0 Å². The third kappa shape index (κ3) is 7.22. The second-order valence-electron chi connectivity index (χ2n) is 10.0. The average molecular weight is 511 g/mol. The maximum atomic E-state index is 13.4. The van der Waals surface area contributed by atoms with E-state index in [4.69, 9.17) is 4.98 Å². The Morgan fingerprint density at radius 3 is 2.54 bits per heavy atom. The minimum Gasteiger partial charge on any atom is -0.334 e. The molecule has 4 rings (SSSR count). The molecule has 3 N–H and O–H groups in total. The molecule has 0 saturated heterocycles. The monoisotopic (exact) mass is 510 g/mol. The van der Waals surface area contributed by atoms with Crippen LogP contribution in [0.3, 0.4) is 0 Å². The number of urea groups is 1. The summed E-state index contributed by atoms with van der Waals surface area (Å²) in [6, 6.07) is 15.0. The smallest absolute Gasteiger partial charge is 0.319 e. The normalized spacial score (nSPS) is 15.5. The first-order valence-corrected chi connectivity index (χ1v) is 14.1. The molecule has 0 spiro atoms. The van der Waals surface area contributed by atoms with Gasteiger partial charge in [-0.1, -0.05) is 55.7 Å². The van der Waals surface area contributed by atoms with Gasteiger partial charge in [0.05, 0.1) is 14.8 Å². The van der Waals surface area contributed by atoms with E-state index < -0.39 is 11.0 Å². The molecule has 1 saturated carbocycles. The minimum absolute atomic E-state index is 0.306. The van der Waals surface area contributed by atoms with Crippen molar-refractivity contribution in [2.24, 2.45) is 0 Å². The van der Waals surface area contributed by atoms with E-state index in [1.54, 1.807) is 17.4 Å². The van der Waals surface area contributed by atoms with Crippen LogP contribution in [0.2, 0.25) is 0 Å². The SMILES string of the molecule is CC(C)(C)NS(=O)c1cc(NC(=O)NCc2ccccc2)ccc1-c1cnc(C2CCCCC2)s1. The quantitative estimate of drug-likeness (QED) is 0.335. The fourth-order valence-electron chi connectivity index (χ4n) is 4.19. The number of nitrogens with one attached hydrogen (secondary N) is 3. The first-order chi connectivity index (χ1) is 16.8. The highest BCUT2D eigenvalue weighted by atomic mass is 32.2. The Kier molecular flexibility index (Phi) is 8.36. The molecule has 186 valence electrons. The molecule has 1 unspecified atom stereocenters. The number of benzene rings is 2. The van der Waals surface area contributed by atoms with Crippen molar-refractivity contribution in [3.8, 4) is 10.4 Å². The second-order valence-corrected chi connectivity index (χ2v) is 12.3. The predicted octanol–water partition coefficient (Wildman–Crippen LogP) is 6.59. The lowest BCUT2D eigenvalue weighted by Crippen LogP contribution is -2.37. The molecule has 6 nitrogen and oxygen atoms in total. The molecule has 1 atom stereocenters. The van der Waals surface area contributed by atoms with Gasteiger partial charge in [-0.2, -0.15) is 0 Å². The third-order valence-corrected chi connectivity index (χ3v) is 8.61. The van der Waals surface area contributed by atoms with Crippen molar-refractivity contribution in [1.29, 1.82) is 0 Å². The van der Waals surface area contributed by atoms with Gasteiger partial charge in [0.1, 0.15) is 11.0 Å². The summed E-state index contributed by atoms with van der Waals surface area (Å²) in [6.45, 7) is 6.38. The highest BCUT2D eigenvalue weighted by molar-refractivity contribution is 7.83. The van der Waals surface area contributed by atoms with Gasteiger partial charge in [0.2, 0.25) is 0 Å². The van der Waals surface area contributed by atoms with Crippen molar-refractivity contribution >= 4 is 34.0 Å². The summed E-state index contributed by atoms with van der Waals surface area (Å²) in [5, 5.41) is 6.92. The van der Waals surface area contributed by atoms with Crippen molar-refractivity contribution in [2.75, 3.05) is 5.32 Å². The molecular weight excluding hydrogens is 476 g/mol. The standard InChI is InChI=1S/C27H34N4O2S2/c1-27(2,3)31-35(33)24-16-21(30-26(32)29-17-19-10-6-4-7-11-19)14-15-22(24)23-18-28-25(34-23)20-12-8-5-9-13-20/h4,6-7,10-11,14-16,18,20,31H,5,8-9,12-13,17H2,1-3H3,(H2,29,30,32). The van der Waals surface area contributed by atoms with E-state index in [2.05, 4.69) is 15.4 Å². The molecule has 1 heterocycles. The van der Waals surface area contributed by atoms with Crippen LogP contribution in [-0.4, -0.2) is 20.8 Å². The van der Waals surface area contributed by atoms with Crippen LogP contribution in [-0.2, 0) is 17.5 Å². The van der Waals surface area contributed by atoms with E-state index in [9.17, 15) is 9.00 Å². The zero-order chi connectivity index (χ0) is 24.8. The fourth-order valence-corrected chi connectivity index (χ4v) is 6.66. The molecule has 1 aliphatic rings. The molecule has 3 aromatic rings. The summed E-state index contributed by atoms with van der Waals surface area (Å²) in [5.74, 6) is 0.526. The lowest BCUT2D eigenvalue weighted by Gasteiger charge is -2.21. The zero-order valence-corrected chi connectivity index (χ0v) is 22.2. The van der Waals surface area contributed by atoms with Crippen molar-refractivity contribution in [2.45, 2.75) is 75.8 Å². The molecule has 8 heteroatoms. The van der Waals surface area contributed by atoms with E-state index in [-0.39, 0.29) is 11.6 Å². The van der Waals surface area contributed by atoms with Crippen molar-refractivity contribution in [3.63, 3.8) is 0 Å². The molecule has 35 heavy (non-hydrogen) atoms. The Balaban J connectivity index is 1.55. The Labute approximate surface area is 214 Å². The summed E-state index contributed by atoms with van der Waals surface area (Å²) in [6.07, 6.45) is 8.12. The number of thiazole rings is 1. The van der Waals surface area contributed by atoms with Gasteiger partial charge >= 0.3 is 6.03 Å². The number of rotatable bonds is 7. The molecular formula is C27H34N4O2S2. The summed E-state index contributed by atoms with van der Waals surface area (Å²) in [7, 11) is -1.46. The molecule has 2 aromatic carbocycles. The Morgan fingerprint density at radius 1 is 1.09 bits per heavy atom. The van der Waals surface area contributed by atoms with Crippen molar-refractivity contribution in [1.82, 2.24) is 15.0 Å². The largest absolute Gasteiger partial charge is 0.334 e. The van der Waals surface area contributed by atoms with Gasteiger partial charge in [-0.25, -0.2) is 18.7 Å². The molecule has 2 amide bonds. The Morgan fingerprint density at radius 2 is 1.83 bits per heavy atom. The van der Waals surface area contributed by atoms with Gasteiger partial charge in [-0.05, 0) is 51.3 Å². The van der Waals surface area contributed by atoms with E-state index in [0.717, 1.165) is 16.0 Å². The number of amides is 2. The maximum absolute atomic E-state index is 13.4.